The number of ether oxygens (including phenoxy) is 1. The van der Waals surface area contributed by atoms with Crippen LogP contribution in [0.15, 0.2) is 24.3 Å². The standard InChI is InChI=1S/C17H27NO2/c1-3-4-12-20-15-9-7-8-14(13-15)17(19)16-10-5-6-11-18(16)2/h7-9,13,16-17,19H,3-6,10-12H2,1-2H3/t16-,17-/m0/s1. The maximum atomic E-state index is 10.6. The van der Waals surface area contributed by atoms with Crippen molar-refractivity contribution in [1.82, 2.24) is 4.90 Å². The van der Waals surface area contributed by atoms with Crippen LogP contribution in [0, 0.1) is 0 Å². The molecule has 0 unspecified atom stereocenters. The minimum atomic E-state index is -0.421. The molecular formula is C17H27NO2. The van der Waals surface area contributed by atoms with Crippen LogP contribution in [-0.2, 0) is 0 Å². The Hall–Kier alpha value is -1.06. The van der Waals surface area contributed by atoms with Gasteiger partial charge in [-0.25, -0.2) is 0 Å². The Bertz CT molecular complexity index is 408. The fourth-order valence-corrected chi connectivity index (χ4v) is 2.84. The number of rotatable bonds is 6. The number of benzene rings is 1. The third-order valence-electron chi connectivity index (χ3n) is 4.16. The summed E-state index contributed by atoms with van der Waals surface area (Å²) in [5.74, 6) is 0.869. The van der Waals surface area contributed by atoms with Gasteiger partial charge < -0.3 is 14.7 Å². The second-order valence-corrected chi connectivity index (χ2v) is 5.76. The van der Waals surface area contributed by atoms with Crippen LogP contribution in [0.4, 0.5) is 0 Å². The van der Waals surface area contributed by atoms with Crippen molar-refractivity contribution in [2.24, 2.45) is 0 Å². The fourth-order valence-electron chi connectivity index (χ4n) is 2.84. The lowest BCUT2D eigenvalue weighted by molar-refractivity contribution is 0.0401. The van der Waals surface area contributed by atoms with E-state index in [0.29, 0.717) is 0 Å². The van der Waals surface area contributed by atoms with Crippen LogP contribution in [0.1, 0.15) is 50.7 Å². The van der Waals surface area contributed by atoms with Gasteiger partial charge in [0.15, 0.2) is 0 Å². The van der Waals surface area contributed by atoms with E-state index in [4.69, 9.17) is 4.74 Å². The van der Waals surface area contributed by atoms with Gasteiger partial charge in [-0.3, -0.25) is 0 Å². The van der Waals surface area contributed by atoms with Gasteiger partial charge in [0.25, 0.3) is 0 Å². The van der Waals surface area contributed by atoms with E-state index in [9.17, 15) is 5.11 Å². The zero-order valence-corrected chi connectivity index (χ0v) is 12.7. The number of aliphatic hydroxyl groups excluding tert-OH is 1. The summed E-state index contributed by atoms with van der Waals surface area (Å²) in [5, 5.41) is 10.6. The first-order chi connectivity index (χ1) is 9.72. The summed E-state index contributed by atoms with van der Waals surface area (Å²) >= 11 is 0. The van der Waals surface area contributed by atoms with Crippen molar-refractivity contribution < 1.29 is 9.84 Å². The number of likely N-dealkylation sites (tertiary alicyclic amines) is 1. The van der Waals surface area contributed by atoms with Crippen LogP contribution in [0.5, 0.6) is 5.75 Å². The molecule has 0 spiro atoms. The van der Waals surface area contributed by atoms with E-state index in [1.54, 1.807) is 0 Å². The number of hydrogen-bond donors (Lipinski definition) is 1. The van der Waals surface area contributed by atoms with Crippen molar-refractivity contribution in [3.63, 3.8) is 0 Å². The highest BCUT2D eigenvalue weighted by Crippen LogP contribution is 2.29. The van der Waals surface area contributed by atoms with Crippen molar-refractivity contribution in [3.8, 4) is 5.75 Å². The second-order valence-electron chi connectivity index (χ2n) is 5.76. The molecule has 0 aromatic heterocycles. The van der Waals surface area contributed by atoms with Crippen LogP contribution in [0.3, 0.4) is 0 Å². The van der Waals surface area contributed by atoms with Crippen LogP contribution in [0.2, 0.25) is 0 Å². The van der Waals surface area contributed by atoms with Crippen LogP contribution < -0.4 is 4.74 Å². The Morgan fingerprint density at radius 3 is 3.00 bits per heavy atom. The van der Waals surface area contributed by atoms with E-state index in [0.717, 1.165) is 43.7 Å². The molecule has 1 aromatic carbocycles. The molecule has 2 atom stereocenters. The quantitative estimate of drug-likeness (QED) is 0.809. The Morgan fingerprint density at radius 1 is 1.40 bits per heavy atom. The normalized spacial score (nSPS) is 21.6. The Balaban J connectivity index is 2.01. The predicted octanol–water partition coefficient (Wildman–Crippen LogP) is 3.38. The summed E-state index contributed by atoms with van der Waals surface area (Å²) in [6, 6.07) is 8.16. The number of unbranched alkanes of at least 4 members (excludes halogenated alkanes) is 1. The molecule has 1 aromatic rings. The van der Waals surface area contributed by atoms with Crippen LogP contribution >= 0.6 is 0 Å². The molecule has 0 saturated carbocycles. The largest absolute Gasteiger partial charge is 0.494 e. The Morgan fingerprint density at radius 2 is 2.25 bits per heavy atom. The van der Waals surface area contributed by atoms with Gasteiger partial charge in [0.1, 0.15) is 5.75 Å². The van der Waals surface area contributed by atoms with Gasteiger partial charge in [-0.2, -0.15) is 0 Å². The summed E-state index contributed by atoms with van der Waals surface area (Å²) in [4.78, 5) is 2.28. The molecule has 3 heteroatoms. The molecule has 0 radical (unpaired) electrons. The molecule has 3 nitrogen and oxygen atoms in total. The monoisotopic (exact) mass is 277 g/mol. The minimum Gasteiger partial charge on any atom is -0.494 e. The molecule has 20 heavy (non-hydrogen) atoms. The highest BCUT2D eigenvalue weighted by molar-refractivity contribution is 5.30. The number of hydrogen-bond acceptors (Lipinski definition) is 3. The zero-order valence-electron chi connectivity index (χ0n) is 12.7. The molecule has 1 aliphatic heterocycles. The lowest BCUT2D eigenvalue weighted by Crippen LogP contribution is -2.40. The third-order valence-corrected chi connectivity index (χ3v) is 4.16. The lowest BCUT2D eigenvalue weighted by atomic mass is 9.93. The summed E-state index contributed by atoms with van der Waals surface area (Å²) in [6.45, 7) is 3.98. The molecule has 2 rings (SSSR count). The van der Waals surface area contributed by atoms with Crippen molar-refractivity contribution >= 4 is 0 Å². The molecule has 0 aliphatic carbocycles. The maximum absolute atomic E-state index is 10.6. The topological polar surface area (TPSA) is 32.7 Å². The summed E-state index contributed by atoms with van der Waals surface area (Å²) < 4.78 is 5.73. The molecule has 1 aliphatic rings. The smallest absolute Gasteiger partial charge is 0.119 e. The van der Waals surface area contributed by atoms with Gasteiger partial charge in [-0.1, -0.05) is 31.9 Å². The van der Waals surface area contributed by atoms with E-state index in [-0.39, 0.29) is 6.04 Å². The third kappa shape index (κ3) is 3.97. The summed E-state index contributed by atoms with van der Waals surface area (Å²) in [5.41, 5.74) is 0.970. The van der Waals surface area contributed by atoms with Crippen LogP contribution in [0.25, 0.3) is 0 Å². The molecule has 112 valence electrons. The average Bonchev–Trinajstić information content (AvgIpc) is 2.48. The van der Waals surface area contributed by atoms with E-state index < -0.39 is 6.10 Å². The number of piperidine rings is 1. The van der Waals surface area contributed by atoms with Gasteiger partial charge in [0.2, 0.25) is 0 Å². The van der Waals surface area contributed by atoms with E-state index in [2.05, 4.69) is 18.9 Å². The fraction of sp³-hybridized carbons (Fsp3) is 0.647. The summed E-state index contributed by atoms with van der Waals surface area (Å²) in [7, 11) is 2.11. The SMILES string of the molecule is CCCCOc1cccc([C@H](O)[C@@H]2CCCCN2C)c1. The van der Waals surface area contributed by atoms with Crippen LogP contribution in [-0.4, -0.2) is 36.2 Å². The molecule has 0 amide bonds. The molecular weight excluding hydrogens is 250 g/mol. The Kier molecular flexibility index (Phi) is 5.86. The van der Waals surface area contributed by atoms with Gasteiger partial charge in [0, 0.05) is 6.04 Å². The zero-order chi connectivity index (χ0) is 14.4. The second kappa shape index (κ2) is 7.65. The molecule has 0 bridgehead atoms. The van der Waals surface area contributed by atoms with Gasteiger partial charge in [-0.15, -0.1) is 0 Å². The molecule has 1 saturated heterocycles. The van der Waals surface area contributed by atoms with Gasteiger partial charge in [-0.05, 0) is 50.6 Å². The van der Waals surface area contributed by atoms with Gasteiger partial charge in [0.05, 0.1) is 12.7 Å². The van der Waals surface area contributed by atoms with Crippen molar-refractivity contribution in [3.05, 3.63) is 29.8 Å². The number of nitrogens with zero attached hydrogens (tertiary/aromatic N) is 1. The van der Waals surface area contributed by atoms with E-state index >= 15 is 0 Å². The van der Waals surface area contributed by atoms with Crippen molar-refractivity contribution in [2.75, 3.05) is 20.2 Å². The highest BCUT2D eigenvalue weighted by Gasteiger charge is 2.27. The first-order valence-electron chi connectivity index (χ1n) is 7.83. The number of aliphatic hydroxyl groups is 1. The lowest BCUT2D eigenvalue weighted by Gasteiger charge is -2.35. The Labute approximate surface area is 122 Å². The predicted molar refractivity (Wildman–Crippen MR) is 82.1 cm³/mol. The van der Waals surface area contributed by atoms with Crippen molar-refractivity contribution in [2.45, 2.75) is 51.2 Å². The molecule has 1 N–H and O–H groups in total. The van der Waals surface area contributed by atoms with Gasteiger partial charge >= 0.3 is 0 Å². The first kappa shape index (κ1) is 15.3. The summed E-state index contributed by atoms with van der Waals surface area (Å²) in [6.07, 6.45) is 5.29. The van der Waals surface area contributed by atoms with E-state index in [1.807, 2.05) is 24.3 Å². The minimum absolute atomic E-state index is 0.231. The highest BCUT2D eigenvalue weighted by atomic mass is 16.5. The number of likely N-dealkylation sites (N-methyl/N-ethyl adjacent to an activating group) is 1. The van der Waals surface area contributed by atoms with Crippen molar-refractivity contribution in [1.29, 1.82) is 0 Å². The average molecular weight is 277 g/mol. The maximum Gasteiger partial charge on any atom is 0.119 e. The first-order valence-corrected chi connectivity index (χ1v) is 7.83. The molecule has 1 heterocycles. The molecule has 1 fully saturated rings. The van der Waals surface area contributed by atoms with E-state index in [1.165, 1.54) is 12.8 Å².